The van der Waals surface area contributed by atoms with E-state index in [4.69, 9.17) is 25.8 Å². The third-order valence-corrected chi connectivity index (χ3v) is 3.26. The number of halogens is 2. The number of hydrogen-bond donors (Lipinski definition) is 0. The minimum absolute atomic E-state index is 0.0278. The van der Waals surface area contributed by atoms with Crippen LogP contribution in [0.25, 0.3) is 0 Å². The minimum Gasteiger partial charge on any atom is -0.493 e. The first-order chi connectivity index (χ1) is 11.5. The molecule has 0 aromatic heterocycles. The Balaban J connectivity index is 1.88. The monoisotopic (exact) mass is 352 g/mol. The van der Waals surface area contributed by atoms with Gasteiger partial charge in [0.1, 0.15) is 0 Å². The Morgan fingerprint density at radius 1 is 0.958 bits per heavy atom. The molecule has 0 aliphatic rings. The Morgan fingerprint density at radius 3 is 2.21 bits per heavy atom. The van der Waals surface area contributed by atoms with Crippen LogP contribution in [0.5, 0.6) is 17.2 Å². The number of rotatable bonds is 6. The fourth-order valence-corrected chi connectivity index (χ4v) is 2.03. The molecule has 0 unspecified atom stereocenters. The maximum absolute atomic E-state index is 13.5. The number of para-hydroxylation sites is 3. The van der Waals surface area contributed by atoms with Crippen LogP contribution >= 0.6 is 11.6 Å². The summed E-state index contributed by atoms with van der Waals surface area (Å²) < 4.78 is 28.5. The average molecular weight is 353 g/mol. The molecule has 0 radical (unpaired) electrons. The molecule has 0 aliphatic carbocycles. The Morgan fingerprint density at radius 2 is 1.58 bits per heavy atom. The van der Waals surface area contributed by atoms with Crippen LogP contribution in [0.2, 0.25) is 5.02 Å². The molecule has 0 spiro atoms. The zero-order valence-corrected chi connectivity index (χ0v) is 13.5. The van der Waals surface area contributed by atoms with Crippen molar-refractivity contribution in [3.05, 3.63) is 53.3 Å². The van der Waals surface area contributed by atoms with Crippen LogP contribution in [-0.2, 0) is 9.59 Å². The maximum Gasteiger partial charge on any atom is 0.311 e. The Labute approximate surface area is 142 Å². The van der Waals surface area contributed by atoms with Crippen molar-refractivity contribution in [2.75, 3.05) is 7.11 Å². The van der Waals surface area contributed by atoms with E-state index in [9.17, 15) is 14.0 Å². The molecule has 5 nitrogen and oxygen atoms in total. The van der Waals surface area contributed by atoms with Crippen LogP contribution in [0.3, 0.4) is 0 Å². The number of carbonyl (C=O) groups excluding carboxylic acids is 2. The Hall–Kier alpha value is -2.60. The molecule has 2 aromatic rings. The molecule has 0 N–H and O–H groups in total. The van der Waals surface area contributed by atoms with Gasteiger partial charge < -0.3 is 14.2 Å². The zero-order chi connectivity index (χ0) is 17.5. The third-order valence-electron chi connectivity index (χ3n) is 2.96. The van der Waals surface area contributed by atoms with Crippen molar-refractivity contribution in [3.8, 4) is 17.2 Å². The lowest BCUT2D eigenvalue weighted by molar-refractivity contribution is -0.140. The molecule has 0 saturated carbocycles. The summed E-state index contributed by atoms with van der Waals surface area (Å²) >= 11 is 5.75. The lowest BCUT2D eigenvalue weighted by Crippen LogP contribution is -2.15. The summed E-state index contributed by atoms with van der Waals surface area (Å²) in [6.07, 6.45) is -0.512. The highest BCUT2D eigenvalue weighted by molar-refractivity contribution is 6.32. The smallest absolute Gasteiger partial charge is 0.311 e. The van der Waals surface area contributed by atoms with Gasteiger partial charge in [-0.3, -0.25) is 9.59 Å². The molecule has 0 fully saturated rings. The van der Waals surface area contributed by atoms with Crippen LogP contribution in [-0.4, -0.2) is 19.0 Å². The number of ether oxygens (including phenoxy) is 3. The lowest BCUT2D eigenvalue weighted by Gasteiger charge is -2.09. The third kappa shape index (κ3) is 4.70. The van der Waals surface area contributed by atoms with Gasteiger partial charge in [-0.15, -0.1) is 0 Å². The van der Waals surface area contributed by atoms with Crippen molar-refractivity contribution in [1.82, 2.24) is 0 Å². The molecule has 7 heteroatoms. The number of carbonyl (C=O) groups is 2. The van der Waals surface area contributed by atoms with Crippen LogP contribution in [0.15, 0.2) is 42.5 Å². The number of esters is 2. The predicted molar refractivity (Wildman–Crippen MR) is 84.9 cm³/mol. The van der Waals surface area contributed by atoms with Crippen molar-refractivity contribution in [2.24, 2.45) is 0 Å². The normalized spacial score (nSPS) is 10.1. The van der Waals surface area contributed by atoms with Gasteiger partial charge in [-0.05, 0) is 24.3 Å². The van der Waals surface area contributed by atoms with E-state index in [1.165, 1.54) is 19.2 Å². The molecule has 0 saturated heterocycles. The average Bonchev–Trinajstić information content (AvgIpc) is 2.57. The summed E-state index contributed by atoms with van der Waals surface area (Å²) in [5.41, 5.74) is 0. The zero-order valence-electron chi connectivity index (χ0n) is 12.8. The molecular formula is C17H14ClFO5. The molecule has 0 amide bonds. The first-order valence-electron chi connectivity index (χ1n) is 6.99. The Kier molecular flexibility index (Phi) is 6.14. The Bertz CT molecular complexity index is 727. The number of benzene rings is 2. The summed E-state index contributed by atoms with van der Waals surface area (Å²) in [6.45, 7) is 0. The van der Waals surface area contributed by atoms with E-state index in [1.807, 2.05) is 0 Å². The topological polar surface area (TPSA) is 61.8 Å². The largest absolute Gasteiger partial charge is 0.493 e. The second kappa shape index (κ2) is 8.31. The predicted octanol–water partition coefficient (Wildman–Crippen LogP) is 3.78. The summed E-state index contributed by atoms with van der Waals surface area (Å²) in [4.78, 5) is 23.5. The van der Waals surface area contributed by atoms with E-state index in [0.717, 1.165) is 6.07 Å². The molecule has 0 atom stereocenters. The highest BCUT2D eigenvalue weighted by Crippen LogP contribution is 2.28. The van der Waals surface area contributed by atoms with E-state index >= 15 is 0 Å². The molecule has 0 heterocycles. The highest BCUT2D eigenvalue weighted by atomic mass is 35.5. The molecule has 2 rings (SSSR count). The first-order valence-corrected chi connectivity index (χ1v) is 7.37. The van der Waals surface area contributed by atoms with Crippen LogP contribution in [0.4, 0.5) is 4.39 Å². The molecular weight excluding hydrogens is 339 g/mol. The summed E-state index contributed by atoms with van der Waals surface area (Å²) in [7, 11) is 1.45. The second-order valence-corrected chi connectivity index (χ2v) is 5.06. The molecule has 0 bridgehead atoms. The van der Waals surface area contributed by atoms with E-state index in [1.54, 1.807) is 24.3 Å². The van der Waals surface area contributed by atoms with Crippen molar-refractivity contribution in [3.63, 3.8) is 0 Å². The van der Waals surface area contributed by atoms with Gasteiger partial charge in [0.05, 0.1) is 25.0 Å². The van der Waals surface area contributed by atoms with E-state index in [2.05, 4.69) is 0 Å². The van der Waals surface area contributed by atoms with Gasteiger partial charge in [-0.25, -0.2) is 4.39 Å². The summed E-state index contributed by atoms with van der Waals surface area (Å²) in [5, 5.41) is -0.0278. The van der Waals surface area contributed by atoms with E-state index in [-0.39, 0.29) is 29.4 Å². The summed E-state index contributed by atoms with van der Waals surface area (Å²) in [6, 6.07) is 10.5. The van der Waals surface area contributed by atoms with Gasteiger partial charge in [0.2, 0.25) is 0 Å². The fraction of sp³-hybridized carbons (Fsp3) is 0.176. The molecule has 126 valence electrons. The lowest BCUT2D eigenvalue weighted by atomic mass is 10.3. The highest BCUT2D eigenvalue weighted by Gasteiger charge is 2.16. The van der Waals surface area contributed by atoms with Gasteiger partial charge in [0, 0.05) is 0 Å². The fourth-order valence-electron chi connectivity index (χ4n) is 1.83. The quantitative estimate of drug-likeness (QED) is 0.585. The van der Waals surface area contributed by atoms with Gasteiger partial charge in [-0.1, -0.05) is 29.8 Å². The van der Waals surface area contributed by atoms with Crippen LogP contribution in [0.1, 0.15) is 12.8 Å². The van der Waals surface area contributed by atoms with Crippen LogP contribution < -0.4 is 14.2 Å². The molecule has 24 heavy (non-hydrogen) atoms. The standard InChI is InChI=1S/C17H14ClFO5/c1-22-13-7-2-3-8-14(13)23-15(20)9-10-16(21)24-17-11(18)5-4-6-12(17)19/h2-8H,9-10H2,1H3. The van der Waals surface area contributed by atoms with Crippen molar-refractivity contribution in [1.29, 1.82) is 0 Å². The minimum atomic E-state index is -0.793. The SMILES string of the molecule is COc1ccccc1OC(=O)CCC(=O)Oc1c(F)cccc1Cl. The molecule has 0 aliphatic heterocycles. The second-order valence-electron chi connectivity index (χ2n) is 4.65. The maximum atomic E-state index is 13.5. The van der Waals surface area contributed by atoms with E-state index in [0.29, 0.717) is 5.75 Å². The van der Waals surface area contributed by atoms with Gasteiger partial charge in [0.25, 0.3) is 0 Å². The number of hydrogen-bond acceptors (Lipinski definition) is 5. The van der Waals surface area contributed by atoms with Gasteiger partial charge in [-0.2, -0.15) is 0 Å². The van der Waals surface area contributed by atoms with Crippen molar-refractivity contribution in [2.45, 2.75) is 12.8 Å². The van der Waals surface area contributed by atoms with Crippen molar-refractivity contribution >= 4 is 23.5 Å². The molecule has 2 aromatic carbocycles. The van der Waals surface area contributed by atoms with Crippen molar-refractivity contribution < 1.29 is 28.2 Å². The van der Waals surface area contributed by atoms with Crippen LogP contribution in [0, 0.1) is 5.82 Å². The van der Waals surface area contributed by atoms with Gasteiger partial charge in [0.15, 0.2) is 23.1 Å². The van der Waals surface area contributed by atoms with Gasteiger partial charge >= 0.3 is 11.9 Å². The van der Waals surface area contributed by atoms with E-state index < -0.39 is 17.8 Å². The summed E-state index contributed by atoms with van der Waals surface area (Å²) in [5.74, 6) is -1.91. The number of methoxy groups -OCH3 is 1. The first kappa shape index (κ1) is 17.7.